The monoisotopic (exact) mass is 513 g/mol. The number of nitrogens with zero attached hydrogens (tertiary/aromatic N) is 3. The third kappa shape index (κ3) is 5.10. The summed E-state index contributed by atoms with van der Waals surface area (Å²) in [7, 11) is 0. The van der Waals surface area contributed by atoms with Crippen LogP contribution in [0.2, 0.25) is 0 Å². The van der Waals surface area contributed by atoms with Crippen LogP contribution in [-0.4, -0.2) is 17.7 Å². The molecule has 0 N–H and O–H groups in total. The van der Waals surface area contributed by atoms with Crippen LogP contribution in [0.25, 0.3) is 10.8 Å². The second kappa shape index (κ2) is 11.0. The lowest BCUT2D eigenvalue weighted by Crippen LogP contribution is -2.29. The Labute approximate surface area is 227 Å². The minimum absolute atomic E-state index is 0.480. The Morgan fingerprint density at radius 3 is 2.42 bits per heavy atom. The van der Waals surface area contributed by atoms with Gasteiger partial charge in [0, 0.05) is 36.3 Å². The molecule has 0 spiro atoms. The molecule has 1 aromatic heterocycles. The lowest BCUT2D eigenvalue weighted by Gasteiger charge is -2.26. The molecular weight excluding hydrogens is 486 g/mol. The van der Waals surface area contributed by atoms with Gasteiger partial charge in [-0.05, 0) is 39.9 Å². The molecule has 5 aromatic rings. The van der Waals surface area contributed by atoms with E-state index < -0.39 is 0 Å². The topological polar surface area (TPSA) is 48.6 Å². The fraction of sp³-hybridized carbons (Fsp3) is 0.152. The second-order valence-electron chi connectivity index (χ2n) is 9.47. The predicted molar refractivity (Wildman–Crippen MR) is 155 cm³/mol. The lowest BCUT2D eigenvalue weighted by molar-refractivity contribution is 0.249. The van der Waals surface area contributed by atoms with Crippen molar-refractivity contribution in [1.82, 2.24) is 4.90 Å². The maximum atomic E-state index is 10.0. The number of aliphatic imine (C=N–C) groups is 1. The van der Waals surface area contributed by atoms with Crippen molar-refractivity contribution in [2.75, 3.05) is 6.54 Å². The highest BCUT2D eigenvalue weighted by molar-refractivity contribution is 7.16. The summed E-state index contributed by atoms with van der Waals surface area (Å²) in [5, 5.41) is 13.0. The largest absolute Gasteiger partial charge is 0.488 e. The lowest BCUT2D eigenvalue weighted by atomic mass is 10.0. The Hall–Kier alpha value is -4.24. The maximum absolute atomic E-state index is 10.0. The van der Waals surface area contributed by atoms with E-state index in [9.17, 15) is 5.26 Å². The Kier molecular flexibility index (Phi) is 6.99. The van der Waals surface area contributed by atoms with Crippen LogP contribution in [0.1, 0.15) is 32.7 Å². The van der Waals surface area contributed by atoms with Gasteiger partial charge in [0.2, 0.25) is 0 Å². The van der Waals surface area contributed by atoms with Crippen LogP contribution in [-0.2, 0) is 26.1 Å². The number of fused-ring (bicyclic) bond motifs is 2. The van der Waals surface area contributed by atoms with E-state index in [1.807, 2.05) is 42.6 Å². The Bertz CT molecular complexity index is 1630. The van der Waals surface area contributed by atoms with Crippen LogP contribution in [0, 0.1) is 11.3 Å². The zero-order chi connectivity index (χ0) is 25.7. The molecule has 0 bridgehead atoms. The van der Waals surface area contributed by atoms with Crippen LogP contribution in [0.5, 0.6) is 5.75 Å². The van der Waals surface area contributed by atoms with Gasteiger partial charge in [-0.2, -0.15) is 5.26 Å². The molecule has 4 aromatic carbocycles. The maximum Gasteiger partial charge on any atom is 0.134 e. The van der Waals surface area contributed by atoms with Crippen molar-refractivity contribution < 1.29 is 4.74 Å². The summed E-state index contributed by atoms with van der Waals surface area (Å²) < 4.78 is 6.27. The highest BCUT2D eigenvalue weighted by Gasteiger charge is 2.24. The van der Waals surface area contributed by atoms with Gasteiger partial charge in [0.1, 0.15) is 23.4 Å². The van der Waals surface area contributed by atoms with E-state index in [1.54, 1.807) is 11.3 Å². The molecule has 38 heavy (non-hydrogen) atoms. The predicted octanol–water partition coefficient (Wildman–Crippen LogP) is 7.66. The summed E-state index contributed by atoms with van der Waals surface area (Å²) in [6, 6.07) is 35.5. The number of hydrogen-bond acceptors (Lipinski definition) is 5. The Balaban J connectivity index is 1.30. The van der Waals surface area contributed by atoms with E-state index in [4.69, 9.17) is 9.73 Å². The number of hydrogen-bond donors (Lipinski definition) is 0. The van der Waals surface area contributed by atoms with E-state index in [-0.39, 0.29) is 0 Å². The van der Waals surface area contributed by atoms with E-state index in [0.717, 1.165) is 64.3 Å². The average molecular weight is 514 g/mol. The van der Waals surface area contributed by atoms with Crippen molar-refractivity contribution in [2.24, 2.45) is 4.99 Å². The molecule has 0 fully saturated rings. The van der Waals surface area contributed by atoms with Crippen molar-refractivity contribution in [3.8, 4) is 11.8 Å². The van der Waals surface area contributed by atoms with Crippen LogP contribution >= 0.6 is 11.3 Å². The molecule has 1 aliphatic rings. The third-order valence-corrected chi connectivity index (χ3v) is 8.08. The molecular formula is C33H27N3OS. The van der Waals surface area contributed by atoms with E-state index in [0.29, 0.717) is 12.2 Å². The molecule has 0 atom stereocenters. The fourth-order valence-corrected chi connectivity index (χ4v) is 6.20. The van der Waals surface area contributed by atoms with Gasteiger partial charge in [-0.25, -0.2) is 4.99 Å². The van der Waals surface area contributed by atoms with Gasteiger partial charge in [-0.15, -0.1) is 11.3 Å². The fourth-order valence-electron chi connectivity index (χ4n) is 5.02. The van der Waals surface area contributed by atoms with Crippen LogP contribution in [0.4, 0.5) is 5.00 Å². The molecule has 0 aliphatic carbocycles. The molecule has 1 aliphatic heterocycles. The first-order valence-corrected chi connectivity index (χ1v) is 13.6. The first-order chi connectivity index (χ1) is 18.8. The summed E-state index contributed by atoms with van der Waals surface area (Å²) >= 11 is 1.64. The van der Waals surface area contributed by atoms with E-state index in [2.05, 4.69) is 71.6 Å². The molecule has 0 amide bonds. The molecule has 5 heteroatoms. The molecule has 0 saturated heterocycles. The number of ether oxygens (including phenoxy) is 1. The normalized spacial score (nSPS) is 13.4. The quantitative estimate of drug-likeness (QED) is 0.210. The first kappa shape index (κ1) is 24.1. The summed E-state index contributed by atoms with van der Waals surface area (Å²) in [6.07, 6.45) is 2.75. The summed E-state index contributed by atoms with van der Waals surface area (Å²) in [4.78, 5) is 8.59. The number of benzene rings is 4. The molecule has 4 nitrogen and oxygen atoms in total. The van der Waals surface area contributed by atoms with E-state index in [1.165, 1.54) is 10.4 Å². The van der Waals surface area contributed by atoms with Gasteiger partial charge in [0.15, 0.2) is 0 Å². The Morgan fingerprint density at radius 2 is 1.63 bits per heavy atom. The Morgan fingerprint density at radius 1 is 0.895 bits per heavy atom. The second-order valence-corrected chi connectivity index (χ2v) is 10.6. The van der Waals surface area contributed by atoms with Gasteiger partial charge in [0.25, 0.3) is 0 Å². The van der Waals surface area contributed by atoms with Crippen molar-refractivity contribution in [2.45, 2.75) is 26.1 Å². The number of thiophene rings is 1. The summed E-state index contributed by atoms with van der Waals surface area (Å²) in [5.74, 6) is 0.783. The smallest absolute Gasteiger partial charge is 0.134 e. The van der Waals surface area contributed by atoms with Gasteiger partial charge >= 0.3 is 0 Å². The minimum Gasteiger partial charge on any atom is -0.488 e. The van der Waals surface area contributed by atoms with Crippen molar-refractivity contribution >= 4 is 33.3 Å². The summed E-state index contributed by atoms with van der Waals surface area (Å²) in [5.41, 5.74) is 5.23. The van der Waals surface area contributed by atoms with Gasteiger partial charge in [-0.1, -0.05) is 91.0 Å². The zero-order valence-corrected chi connectivity index (χ0v) is 21.8. The molecule has 186 valence electrons. The van der Waals surface area contributed by atoms with Crippen LogP contribution < -0.4 is 4.74 Å². The molecule has 0 saturated carbocycles. The SMILES string of the molecule is N#Cc1c(N=Cc2c(OCc3ccccc3)ccc3ccccc23)sc2c1CCN(Cc1ccccc1)C2. The molecule has 6 rings (SSSR count). The zero-order valence-electron chi connectivity index (χ0n) is 21.0. The highest BCUT2D eigenvalue weighted by Crippen LogP contribution is 2.39. The van der Waals surface area contributed by atoms with Crippen molar-refractivity contribution in [3.05, 3.63) is 130 Å². The molecule has 0 unspecified atom stereocenters. The van der Waals surface area contributed by atoms with Gasteiger partial charge < -0.3 is 4.74 Å². The van der Waals surface area contributed by atoms with Crippen LogP contribution in [0.3, 0.4) is 0 Å². The minimum atomic E-state index is 0.480. The first-order valence-electron chi connectivity index (χ1n) is 12.8. The molecule has 2 heterocycles. The van der Waals surface area contributed by atoms with Gasteiger partial charge in [-0.3, -0.25) is 4.90 Å². The van der Waals surface area contributed by atoms with Crippen LogP contribution in [0.15, 0.2) is 102 Å². The standard InChI is InChI=1S/C33H27N3OS/c34-19-29-28-17-18-36(21-24-9-3-1-4-10-24)22-32(28)38-33(29)35-20-30-27-14-8-7-13-26(27)15-16-31(30)37-23-25-11-5-2-6-12-25/h1-16,20H,17-18,21-23H2. The highest BCUT2D eigenvalue weighted by atomic mass is 32.1. The number of nitriles is 1. The summed E-state index contributed by atoms with van der Waals surface area (Å²) in [6.45, 7) is 3.18. The van der Waals surface area contributed by atoms with Gasteiger partial charge in [0.05, 0.1) is 5.56 Å². The molecule has 0 radical (unpaired) electrons. The van der Waals surface area contributed by atoms with Crippen molar-refractivity contribution in [3.63, 3.8) is 0 Å². The van der Waals surface area contributed by atoms with E-state index >= 15 is 0 Å². The third-order valence-electron chi connectivity index (χ3n) is 6.96. The average Bonchev–Trinajstić information content (AvgIpc) is 3.32. The van der Waals surface area contributed by atoms with Crippen molar-refractivity contribution in [1.29, 1.82) is 5.26 Å². The number of rotatable bonds is 7.